The molecule has 1 aromatic rings. The van der Waals surface area contributed by atoms with E-state index < -0.39 is 16.1 Å². The lowest BCUT2D eigenvalue weighted by molar-refractivity contribution is -0.117. The van der Waals surface area contributed by atoms with Crippen LogP contribution in [0.25, 0.3) is 0 Å². The molecule has 1 amide bonds. The molecule has 0 bridgehead atoms. The molecule has 1 aromatic carbocycles. The Morgan fingerprint density at radius 2 is 1.95 bits per heavy atom. The first-order valence-corrected chi connectivity index (χ1v) is 6.78. The molecule has 3 N–H and O–H groups in total. The van der Waals surface area contributed by atoms with Crippen molar-refractivity contribution < 1.29 is 13.2 Å². The Morgan fingerprint density at radius 3 is 2.42 bits per heavy atom. The van der Waals surface area contributed by atoms with Crippen molar-refractivity contribution in [1.29, 1.82) is 0 Å². The standard InChI is InChI=1S/C11H17N3O3S.ClH/c1-8(12)11(15)13-9-5-4-6-10(7-9)18(16,17)14(2)3;/h4-8H,12H2,1-3H3,(H,13,15);1H/t8-;/m1./s1. The predicted octanol–water partition coefficient (Wildman–Crippen LogP) is 0.644. The van der Waals surface area contributed by atoms with Crippen molar-refractivity contribution in [3.05, 3.63) is 24.3 Å². The normalized spacial score (nSPS) is 12.7. The van der Waals surface area contributed by atoms with E-state index >= 15 is 0 Å². The molecule has 0 aliphatic carbocycles. The van der Waals surface area contributed by atoms with Gasteiger partial charge in [0.1, 0.15) is 0 Å². The van der Waals surface area contributed by atoms with E-state index in [1.165, 1.54) is 26.2 Å². The number of carbonyl (C=O) groups excluding carboxylic acids is 1. The Morgan fingerprint density at radius 1 is 1.37 bits per heavy atom. The van der Waals surface area contributed by atoms with Gasteiger partial charge in [-0.2, -0.15) is 0 Å². The maximum atomic E-state index is 11.9. The van der Waals surface area contributed by atoms with Crippen LogP contribution in [0, 0.1) is 0 Å². The molecule has 108 valence electrons. The van der Waals surface area contributed by atoms with E-state index in [2.05, 4.69) is 5.32 Å². The fraction of sp³-hybridized carbons (Fsp3) is 0.364. The average molecular weight is 308 g/mol. The second-order valence-electron chi connectivity index (χ2n) is 4.09. The maximum absolute atomic E-state index is 11.9. The van der Waals surface area contributed by atoms with Crippen molar-refractivity contribution >= 4 is 34.0 Å². The highest BCUT2D eigenvalue weighted by Crippen LogP contribution is 2.17. The Kier molecular flexibility index (Phi) is 6.44. The molecule has 19 heavy (non-hydrogen) atoms. The number of nitrogens with zero attached hydrogens (tertiary/aromatic N) is 1. The smallest absolute Gasteiger partial charge is 0.242 e. The van der Waals surface area contributed by atoms with Crippen molar-refractivity contribution in [2.24, 2.45) is 5.73 Å². The zero-order chi connectivity index (χ0) is 13.9. The van der Waals surface area contributed by atoms with Gasteiger partial charge in [-0.1, -0.05) is 6.07 Å². The summed E-state index contributed by atoms with van der Waals surface area (Å²) in [7, 11) is -0.611. The van der Waals surface area contributed by atoms with Crippen molar-refractivity contribution in [2.45, 2.75) is 17.9 Å². The van der Waals surface area contributed by atoms with Crippen LogP contribution >= 0.6 is 12.4 Å². The van der Waals surface area contributed by atoms with Crippen molar-refractivity contribution in [3.8, 4) is 0 Å². The molecule has 1 atom stereocenters. The van der Waals surface area contributed by atoms with Crippen LogP contribution in [0.4, 0.5) is 5.69 Å². The number of hydrogen-bond acceptors (Lipinski definition) is 4. The molecule has 0 spiro atoms. The topological polar surface area (TPSA) is 92.5 Å². The van der Waals surface area contributed by atoms with Crippen LogP contribution in [0.5, 0.6) is 0 Å². The van der Waals surface area contributed by atoms with E-state index in [0.29, 0.717) is 5.69 Å². The first-order chi connectivity index (χ1) is 8.25. The minimum Gasteiger partial charge on any atom is -0.325 e. The van der Waals surface area contributed by atoms with E-state index in [4.69, 9.17) is 5.73 Å². The summed E-state index contributed by atoms with van der Waals surface area (Å²) in [6.45, 7) is 1.55. The molecule has 6 nitrogen and oxygen atoms in total. The number of halogens is 1. The van der Waals surface area contributed by atoms with Crippen LogP contribution in [0.1, 0.15) is 6.92 Å². The zero-order valence-corrected chi connectivity index (χ0v) is 12.6. The SMILES string of the molecule is C[C@@H](N)C(=O)Nc1cccc(S(=O)(=O)N(C)C)c1.Cl. The summed E-state index contributed by atoms with van der Waals surface area (Å²) >= 11 is 0. The molecule has 0 aliphatic rings. The van der Waals surface area contributed by atoms with E-state index in [0.717, 1.165) is 4.31 Å². The molecule has 0 unspecified atom stereocenters. The number of carbonyl (C=O) groups is 1. The molecule has 0 radical (unpaired) electrons. The molecular formula is C11H18ClN3O3S. The first-order valence-electron chi connectivity index (χ1n) is 5.34. The van der Waals surface area contributed by atoms with Gasteiger partial charge in [0.05, 0.1) is 10.9 Å². The average Bonchev–Trinajstić information content (AvgIpc) is 2.28. The zero-order valence-electron chi connectivity index (χ0n) is 11.0. The number of anilines is 1. The van der Waals surface area contributed by atoms with Crippen LogP contribution in [0.15, 0.2) is 29.2 Å². The van der Waals surface area contributed by atoms with Gasteiger partial charge in [0.15, 0.2) is 0 Å². The van der Waals surface area contributed by atoms with Gasteiger partial charge in [0.25, 0.3) is 0 Å². The highest BCUT2D eigenvalue weighted by atomic mass is 35.5. The molecule has 0 saturated heterocycles. The van der Waals surface area contributed by atoms with Gasteiger partial charge < -0.3 is 11.1 Å². The van der Waals surface area contributed by atoms with Crippen molar-refractivity contribution in [2.75, 3.05) is 19.4 Å². The van der Waals surface area contributed by atoms with Crippen LogP contribution in [-0.2, 0) is 14.8 Å². The fourth-order valence-electron chi connectivity index (χ4n) is 1.20. The van der Waals surface area contributed by atoms with Crippen LogP contribution in [0.2, 0.25) is 0 Å². The van der Waals surface area contributed by atoms with Gasteiger partial charge in [0.2, 0.25) is 15.9 Å². The van der Waals surface area contributed by atoms with Gasteiger partial charge in [-0.15, -0.1) is 12.4 Å². The third kappa shape index (κ3) is 4.46. The molecule has 0 saturated carbocycles. The number of sulfonamides is 1. The molecule has 0 fully saturated rings. The summed E-state index contributed by atoms with van der Waals surface area (Å²) < 4.78 is 24.9. The minimum absolute atomic E-state index is 0. The van der Waals surface area contributed by atoms with E-state index in [1.54, 1.807) is 19.1 Å². The summed E-state index contributed by atoms with van der Waals surface area (Å²) in [4.78, 5) is 11.5. The predicted molar refractivity (Wildman–Crippen MR) is 76.8 cm³/mol. The van der Waals surface area contributed by atoms with Crippen LogP contribution in [0.3, 0.4) is 0 Å². The second kappa shape index (κ2) is 6.85. The first kappa shape index (κ1) is 17.8. The highest BCUT2D eigenvalue weighted by Gasteiger charge is 2.17. The molecule has 0 heterocycles. The largest absolute Gasteiger partial charge is 0.325 e. The minimum atomic E-state index is -3.50. The van der Waals surface area contributed by atoms with Gasteiger partial charge >= 0.3 is 0 Å². The van der Waals surface area contributed by atoms with E-state index in [1.807, 2.05) is 0 Å². The molecular weight excluding hydrogens is 290 g/mol. The fourth-order valence-corrected chi connectivity index (χ4v) is 2.15. The van der Waals surface area contributed by atoms with E-state index in [-0.39, 0.29) is 23.2 Å². The van der Waals surface area contributed by atoms with Crippen LogP contribution in [-0.4, -0.2) is 38.8 Å². The lowest BCUT2D eigenvalue weighted by Crippen LogP contribution is -2.32. The van der Waals surface area contributed by atoms with Gasteiger partial charge in [0, 0.05) is 19.8 Å². The van der Waals surface area contributed by atoms with Gasteiger partial charge in [-0.05, 0) is 25.1 Å². The van der Waals surface area contributed by atoms with Crippen LogP contribution < -0.4 is 11.1 Å². The monoisotopic (exact) mass is 307 g/mol. The van der Waals surface area contributed by atoms with Crippen molar-refractivity contribution in [3.63, 3.8) is 0 Å². The number of hydrogen-bond donors (Lipinski definition) is 2. The van der Waals surface area contributed by atoms with E-state index in [9.17, 15) is 13.2 Å². The highest BCUT2D eigenvalue weighted by molar-refractivity contribution is 7.89. The third-order valence-electron chi connectivity index (χ3n) is 2.29. The van der Waals surface area contributed by atoms with Crippen molar-refractivity contribution in [1.82, 2.24) is 4.31 Å². The maximum Gasteiger partial charge on any atom is 0.242 e. The number of rotatable bonds is 4. The summed E-state index contributed by atoms with van der Waals surface area (Å²) in [5.41, 5.74) is 5.82. The Balaban J connectivity index is 0.00000324. The lowest BCUT2D eigenvalue weighted by Gasteiger charge is -2.13. The summed E-state index contributed by atoms with van der Waals surface area (Å²) in [5, 5.41) is 2.55. The van der Waals surface area contributed by atoms with Gasteiger partial charge in [-0.3, -0.25) is 4.79 Å². The molecule has 1 rings (SSSR count). The Bertz CT molecular complexity index is 544. The molecule has 0 aliphatic heterocycles. The number of amides is 1. The summed E-state index contributed by atoms with van der Waals surface area (Å²) in [6, 6.07) is 5.38. The quantitative estimate of drug-likeness (QED) is 0.854. The lowest BCUT2D eigenvalue weighted by atomic mass is 10.3. The summed E-state index contributed by atoms with van der Waals surface area (Å²) in [6.07, 6.45) is 0. The number of benzene rings is 1. The third-order valence-corrected chi connectivity index (χ3v) is 4.10. The number of nitrogens with one attached hydrogen (secondary N) is 1. The molecule has 0 aromatic heterocycles. The second-order valence-corrected chi connectivity index (χ2v) is 6.25. The summed E-state index contributed by atoms with van der Waals surface area (Å²) in [5.74, 6) is -0.366. The number of nitrogens with two attached hydrogens (primary N) is 1. The Labute approximate surface area is 119 Å². The van der Waals surface area contributed by atoms with Gasteiger partial charge in [-0.25, -0.2) is 12.7 Å². The molecule has 8 heteroatoms. The Hall–Kier alpha value is -1.15.